The van der Waals surface area contributed by atoms with Crippen molar-refractivity contribution < 1.29 is 4.84 Å². The Morgan fingerprint density at radius 3 is 2.65 bits per heavy atom. The van der Waals surface area contributed by atoms with Crippen LogP contribution in [0.1, 0.15) is 12.5 Å². The molecule has 0 spiro atoms. The van der Waals surface area contributed by atoms with Gasteiger partial charge in [0.25, 0.3) is 0 Å². The summed E-state index contributed by atoms with van der Waals surface area (Å²) in [5.74, 6) is 2.64. The standard InChI is InChI=1S/C18H17NO/c1-5-12-20-19-15(4)16(6-2)13-14(3)18(19)17-10-8-7-9-11-17/h2,5,7-11,13H,1,4,12H2,3H3. The lowest BCUT2D eigenvalue weighted by Crippen LogP contribution is -2.26. The molecule has 100 valence electrons. The summed E-state index contributed by atoms with van der Waals surface area (Å²) >= 11 is 0. The van der Waals surface area contributed by atoms with Gasteiger partial charge < -0.3 is 0 Å². The van der Waals surface area contributed by atoms with Crippen molar-refractivity contribution in [1.82, 2.24) is 5.06 Å². The highest BCUT2D eigenvalue weighted by molar-refractivity contribution is 5.74. The maximum absolute atomic E-state index is 5.74. The first kappa shape index (κ1) is 13.9. The Hall–Kier alpha value is -2.50. The molecule has 0 N–H and O–H groups in total. The van der Waals surface area contributed by atoms with Gasteiger partial charge in [-0.3, -0.25) is 4.84 Å². The van der Waals surface area contributed by atoms with E-state index in [1.807, 2.05) is 43.3 Å². The Morgan fingerprint density at radius 2 is 2.05 bits per heavy atom. The van der Waals surface area contributed by atoms with Crippen LogP contribution in [-0.4, -0.2) is 11.7 Å². The third kappa shape index (κ3) is 2.59. The number of benzene rings is 1. The van der Waals surface area contributed by atoms with Gasteiger partial charge in [-0.1, -0.05) is 48.9 Å². The summed E-state index contributed by atoms with van der Waals surface area (Å²) in [4.78, 5) is 5.74. The van der Waals surface area contributed by atoms with E-state index >= 15 is 0 Å². The van der Waals surface area contributed by atoms with Crippen LogP contribution in [0.15, 0.2) is 72.5 Å². The first-order chi connectivity index (χ1) is 9.69. The summed E-state index contributed by atoms with van der Waals surface area (Å²) in [6.07, 6.45) is 9.18. The smallest absolute Gasteiger partial charge is 0.0932 e. The van der Waals surface area contributed by atoms with E-state index in [4.69, 9.17) is 11.3 Å². The molecular weight excluding hydrogens is 246 g/mol. The zero-order valence-electron chi connectivity index (χ0n) is 11.6. The topological polar surface area (TPSA) is 12.5 Å². The monoisotopic (exact) mass is 263 g/mol. The van der Waals surface area contributed by atoms with E-state index in [-0.39, 0.29) is 0 Å². The van der Waals surface area contributed by atoms with Gasteiger partial charge in [0.2, 0.25) is 0 Å². The van der Waals surface area contributed by atoms with Gasteiger partial charge in [-0.05, 0) is 18.6 Å². The molecule has 0 amide bonds. The predicted octanol–water partition coefficient (Wildman–Crippen LogP) is 3.92. The van der Waals surface area contributed by atoms with Gasteiger partial charge in [-0.2, -0.15) is 0 Å². The second-order valence-corrected chi connectivity index (χ2v) is 4.43. The molecule has 2 heteroatoms. The van der Waals surface area contributed by atoms with Crippen molar-refractivity contribution in [2.24, 2.45) is 0 Å². The number of allylic oxidation sites excluding steroid dienone is 3. The first-order valence-electron chi connectivity index (χ1n) is 6.37. The van der Waals surface area contributed by atoms with E-state index in [0.29, 0.717) is 12.3 Å². The van der Waals surface area contributed by atoms with E-state index in [0.717, 1.165) is 22.4 Å². The molecule has 0 saturated carbocycles. The fourth-order valence-corrected chi connectivity index (χ4v) is 2.11. The molecule has 0 saturated heterocycles. The zero-order valence-corrected chi connectivity index (χ0v) is 11.6. The highest BCUT2D eigenvalue weighted by atomic mass is 16.7. The van der Waals surface area contributed by atoms with Crippen LogP contribution in [0.25, 0.3) is 5.70 Å². The number of nitrogens with zero attached hydrogens (tertiary/aromatic N) is 1. The lowest BCUT2D eigenvalue weighted by Gasteiger charge is -2.32. The van der Waals surface area contributed by atoms with E-state index < -0.39 is 0 Å². The summed E-state index contributed by atoms with van der Waals surface area (Å²) in [5.41, 5.74) is 4.45. The van der Waals surface area contributed by atoms with Gasteiger partial charge in [0.1, 0.15) is 0 Å². The Labute approximate surface area is 120 Å². The minimum absolute atomic E-state index is 0.389. The normalized spacial score (nSPS) is 14.9. The molecule has 20 heavy (non-hydrogen) atoms. The molecule has 0 bridgehead atoms. The Morgan fingerprint density at radius 1 is 1.35 bits per heavy atom. The van der Waals surface area contributed by atoms with Gasteiger partial charge in [0, 0.05) is 5.56 Å². The van der Waals surface area contributed by atoms with Gasteiger partial charge in [0.05, 0.1) is 23.6 Å². The first-order valence-corrected chi connectivity index (χ1v) is 6.37. The number of hydroxylamine groups is 2. The molecule has 0 aromatic heterocycles. The van der Waals surface area contributed by atoms with Crippen LogP contribution in [0.5, 0.6) is 0 Å². The van der Waals surface area contributed by atoms with Gasteiger partial charge >= 0.3 is 0 Å². The largest absolute Gasteiger partial charge is 0.264 e. The number of hydrogen-bond acceptors (Lipinski definition) is 2. The van der Waals surface area contributed by atoms with E-state index in [9.17, 15) is 0 Å². The van der Waals surface area contributed by atoms with Crippen molar-refractivity contribution in [2.45, 2.75) is 6.92 Å². The van der Waals surface area contributed by atoms with Crippen molar-refractivity contribution in [1.29, 1.82) is 0 Å². The highest BCUT2D eigenvalue weighted by Gasteiger charge is 2.23. The average Bonchev–Trinajstić information content (AvgIpc) is 2.48. The second kappa shape index (κ2) is 6.10. The molecule has 2 rings (SSSR count). The third-order valence-corrected chi connectivity index (χ3v) is 3.02. The van der Waals surface area contributed by atoms with E-state index in [1.54, 1.807) is 11.1 Å². The SMILES string of the molecule is C#CC1=CC(C)=C(c2ccccc2)N(OCC=C)C1=C. The Balaban J connectivity index is 2.52. The van der Waals surface area contributed by atoms with Gasteiger partial charge in [-0.15, -0.1) is 13.0 Å². The summed E-state index contributed by atoms with van der Waals surface area (Å²) in [6.45, 7) is 10.1. The molecule has 1 aliphatic rings. The Kier molecular flexibility index (Phi) is 4.24. The molecule has 0 fully saturated rings. The van der Waals surface area contributed by atoms with Gasteiger partial charge in [0.15, 0.2) is 0 Å². The fourth-order valence-electron chi connectivity index (χ4n) is 2.11. The molecule has 0 radical (unpaired) electrons. The van der Waals surface area contributed by atoms with Crippen LogP contribution in [0.3, 0.4) is 0 Å². The summed E-state index contributed by atoms with van der Waals surface area (Å²) in [6, 6.07) is 10.0. The molecule has 0 unspecified atom stereocenters. The van der Waals surface area contributed by atoms with Crippen LogP contribution < -0.4 is 0 Å². The zero-order chi connectivity index (χ0) is 14.5. The minimum Gasteiger partial charge on any atom is -0.264 e. The lowest BCUT2D eigenvalue weighted by atomic mass is 9.99. The number of hydrogen-bond donors (Lipinski definition) is 0. The van der Waals surface area contributed by atoms with E-state index in [1.165, 1.54) is 0 Å². The van der Waals surface area contributed by atoms with Crippen molar-refractivity contribution in [3.8, 4) is 12.3 Å². The molecule has 0 aliphatic carbocycles. The molecular formula is C18H17NO. The van der Waals surface area contributed by atoms with Crippen LogP contribution in [0, 0.1) is 12.3 Å². The summed E-state index contributed by atoms with van der Waals surface area (Å²) in [5, 5.41) is 1.70. The molecule has 0 atom stereocenters. The van der Waals surface area contributed by atoms with Gasteiger partial charge in [-0.25, -0.2) is 5.06 Å². The minimum atomic E-state index is 0.389. The van der Waals surface area contributed by atoms with Crippen molar-refractivity contribution >= 4 is 5.70 Å². The van der Waals surface area contributed by atoms with Crippen LogP contribution in [0.2, 0.25) is 0 Å². The second-order valence-electron chi connectivity index (χ2n) is 4.43. The molecule has 1 aromatic rings. The quantitative estimate of drug-likeness (QED) is 0.603. The Bertz CT molecular complexity index is 629. The fraction of sp³-hybridized carbons (Fsp3) is 0.111. The molecule has 1 aromatic carbocycles. The highest BCUT2D eigenvalue weighted by Crippen LogP contribution is 2.34. The van der Waals surface area contributed by atoms with Crippen molar-refractivity contribution in [3.05, 3.63) is 78.0 Å². The third-order valence-electron chi connectivity index (χ3n) is 3.02. The van der Waals surface area contributed by atoms with Crippen LogP contribution >= 0.6 is 0 Å². The molecule has 1 aliphatic heterocycles. The van der Waals surface area contributed by atoms with Crippen molar-refractivity contribution in [2.75, 3.05) is 6.61 Å². The molecule has 2 nitrogen and oxygen atoms in total. The summed E-state index contributed by atoms with van der Waals surface area (Å²) < 4.78 is 0. The lowest BCUT2D eigenvalue weighted by molar-refractivity contribution is -0.0649. The van der Waals surface area contributed by atoms with E-state index in [2.05, 4.69) is 19.1 Å². The average molecular weight is 263 g/mol. The van der Waals surface area contributed by atoms with Crippen molar-refractivity contribution in [3.63, 3.8) is 0 Å². The maximum Gasteiger partial charge on any atom is 0.0932 e. The predicted molar refractivity (Wildman–Crippen MR) is 83.1 cm³/mol. The van der Waals surface area contributed by atoms with Crippen LogP contribution in [0.4, 0.5) is 0 Å². The summed E-state index contributed by atoms with van der Waals surface area (Å²) in [7, 11) is 0. The van der Waals surface area contributed by atoms with Crippen LogP contribution in [-0.2, 0) is 4.84 Å². The molecule has 1 heterocycles. The number of terminal acetylenes is 1. The number of rotatable bonds is 4. The maximum atomic E-state index is 5.74.